The number of hydrogen-bond acceptors (Lipinski definition) is 2. The van der Waals surface area contributed by atoms with Gasteiger partial charge in [-0.2, -0.15) is 0 Å². The molecular weight excluding hydrogens is 264 g/mol. The minimum atomic E-state index is 0.442. The van der Waals surface area contributed by atoms with Gasteiger partial charge in [-0.1, -0.05) is 19.9 Å². The predicted molar refractivity (Wildman–Crippen MR) is 69.3 cm³/mol. The second-order valence-corrected chi connectivity index (χ2v) is 4.78. The molecule has 0 atom stereocenters. The van der Waals surface area contributed by atoms with Gasteiger partial charge < -0.3 is 0 Å². The summed E-state index contributed by atoms with van der Waals surface area (Å²) >= 11 is 3.51. The lowest BCUT2D eigenvalue weighted by molar-refractivity contribution is 0.860. The van der Waals surface area contributed by atoms with Gasteiger partial charge in [0.1, 0.15) is 5.69 Å². The molecule has 0 unspecified atom stereocenters. The van der Waals surface area contributed by atoms with Crippen LogP contribution in [0.3, 0.4) is 0 Å². The Morgan fingerprint density at radius 3 is 2.25 bits per heavy atom. The summed E-state index contributed by atoms with van der Waals surface area (Å²) in [6.45, 7) is 4.33. The van der Waals surface area contributed by atoms with Crippen molar-refractivity contribution in [2.24, 2.45) is 0 Å². The van der Waals surface area contributed by atoms with Crippen LogP contribution in [0.5, 0.6) is 0 Å². The van der Waals surface area contributed by atoms with Crippen LogP contribution in [0.15, 0.2) is 41.1 Å². The van der Waals surface area contributed by atoms with Crippen LogP contribution in [-0.4, -0.2) is 9.97 Å². The average molecular weight is 277 g/mol. The van der Waals surface area contributed by atoms with Crippen LogP contribution < -0.4 is 0 Å². The van der Waals surface area contributed by atoms with E-state index in [4.69, 9.17) is 0 Å². The van der Waals surface area contributed by atoms with Crippen LogP contribution in [-0.2, 0) is 0 Å². The molecule has 0 amide bonds. The fourth-order valence-corrected chi connectivity index (χ4v) is 2.08. The van der Waals surface area contributed by atoms with E-state index < -0.39 is 0 Å². The van der Waals surface area contributed by atoms with Crippen LogP contribution in [0.25, 0.3) is 11.4 Å². The monoisotopic (exact) mass is 276 g/mol. The molecule has 0 aromatic carbocycles. The molecule has 2 aromatic rings. The Morgan fingerprint density at radius 1 is 1.00 bits per heavy atom. The molecule has 0 aliphatic rings. The quantitative estimate of drug-likeness (QED) is 0.828. The number of halogens is 1. The van der Waals surface area contributed by atoms with E-state index >= 15 is 0 Å². The Morgan fingerprint density at radius 2 is 1.62 bits per heavy atom. The second-order valence-electron chi connectivity index (χ2n) is 3.93. The standard InChI is InChI=1S/C13H13BrN2/c1-9(2)10-5-3-7-15-12(10)13-11(14)6-4-8-16-13/h3-9H,1-2H3. The maximum atomic E-state index is 4.44. The summed E-state index contributed by atoms with van der Waals surface area (Å²) in [5.74, 6) is 0.442. The molecule has 2 rings (SSSR count). The van der Waals surface area contributed by atoms with Crippen molar-refractivity contribution in [3.8, 4) is 11.4 Å². The normalized spacial score (nSPS) is 10.8. The minimum absolute atomic E-state index is 0.442. The molecule has 0 aliphatic carbocycles. The van der Waals surface area contributed by atoms with Crippen LogP contribution in [0.4, 0.5) is 0 Å². The third kappa shape index (κ3) is 2.14. The maximum absolute atomic E-state index is 4.44. The van der Waals surface area contributed by atoms with Crippen molar-refractivity contribution in [3.05, 3.63) is 46.7 Å². The molecule has 0 bridgehead atoms. The third-order valence-corrected chi connectivity index (χ3v) is 3.08. The molecule has 0 radical (unpaired) electrons. The third-order valence-electron chi connectivity index (χ3n) is 2.44. The van der Waals surface area contributed by atoms with Crippen LogP contribution in [0.1, 0.15) is 25.3 Å². The van der Waals surface area contributed by atoms with Crippen molar-refractivity contribution in [2.45, 2.75) is 19.8 Å². The van der Waals surface area contributed by atoms with Gasteiger partial charge in [0.25, 0.3) is 0 Å². The highest BCUT2D eigenvalue weighted by atomic mass is 79.9. The van der Waals surface area contributed by atoms with Gasteiger partial charge in [-0.05, 0) is 45.6 Å². The van der Waals surface area contributed by atoms with Crippen molar-refractivity contribution in [2.75, 3.05) is 0 Å². The maximum Gasteiger partial charge on any atom is 0.103 e. The zero-order valence-electron chi connectivity index (χ0n) is 9.31. The van der Waals surface area contributed by atoms with Crippen LogP contribution >= 0.6 is 15.9 Å². The highest BCUT2D eigenvalue weighted by Gasteiger charge is 2.12. The van der Waals surface area contributed by atoms with E-state index in [9.17, 15) is 0 Å². The molecular formula is C13H13BrN2. The second kappa shape index (κ2) is 4.74. The van der Waals surface area contributed by atoms with Crippen molar-refractivity contribution in [1.82, 2.24) is 9.97 Å². The van der Waals surface area contributed by atoms with E-state index in [1.165, 1.54) is 5.56 Å². The SMILES string of the molecule is CC(C)c1cccnc1-c1ncccc1Br. The Bertz CT molecular complexity index is 495. The van der Waals surface area contributed by atoms with E-state index in [1.54, 1.807) is 6.20 Å². The Labute approximate surface area is 104 Å². The van der Waals surface area contributed by atoms with Gasteiger partial charge in [-0.15, -0.1) is 0 Å². The number of rotatable bonds is 2. The molecule has 2 nitrogen and oxygen atoms in total. The molecule has 0 saturated carbocycles. The molecule has 2 aromatic heterocycles. The molecule has 0 N–H and O–H groups in total. The van der Waals surface area contributed by atoms with E-state index in [1.807, 2.05) is 24.4 Å². The largest absolute Gasteiger partial charge is 0.254 e. The first kappa shape index (κ1) is 11.3. The number of pyridine rings is 2. The van der Waals surface area contributed by atoms with Gasteiger partial charge in [-0.25, -0.2) is 0 Å². The zero-order chi connectivity index (χ0) is 11.5. The molecule has 0 spiro atoms. The first-order valence-corrected chi connectivity index (χ1v) is 6.05. The highest BCUT2D eigenvalue weighted by Crippen LogP contribution is 2.30. The summed E-state index contributed by atoms with van der Waals surface area (Å²) in [6.07, 6.45) is 3.60. The molecule has 3 heteroatoms. The lowest BCUT2D eigenvalue weighted by Crippen LogP contribution is -1.97. The number of hydrogen-bond donors (Lipinski definition) is 0. The van der Waals surface area contributed by atoms with Crippen molar-refractivity contribution >= 4 is 15.9 Å². The van der Waals surface area contributed by atoms with Crippen molar-refractivity contribution in [3.63, 3.8) is 0 Å². The molecule has 0 saturated heterocycles. The molecule has 2 heterocycles. The lowest BCUT2D eigenvalue weighted by Gasteiger charge is -2.11. The Balaban J connectivity index is 2.60. The summed E-state index contributed by atoms with van der Waals surface area (Å²) in [5.41, 5.74) is 3.10. The summed E-state index contributed by atoms with van der Waals surface area (Å²) in [6, 6.07) is 7.97. The minimum Gasteiger partial charge on any atom is -0.254 e. The molecule has 0 aliphatic heterocycles. The van der Waals surface area contributed by atoms with E-state index in [-0.39, 0.29) is 0 Å². The zero-order valence-corrected chi connectivity index (χ0v) is 10.9. The summed E-state index contributed by atoms with van der Waals surface area (Å²) in [5, 5.41) is 0. The Hall–Kier alpha value is -1.22. The fraction of sp³-hybridized carbons (Fsp3) is 0.231. The number of aromatic nitrogens is 2. The van der Waals surface area contributed by atoms with E-state index in [0.717, 1.165) is 15.9 Å². The average Bonchev–Trinajstić information content (AvgIpc) is 2.29. The first-order chi connectivity index (χ1) is 7.70. The lowest BCUT2D eigenvalue weighted by atomic mass is 10.00. The molecule has 16 heavy (non-hydrogen) atoms. The van der Waals surface area contributed by atoms with E-state index in [0.29, 0.717) is 5.92 Å². The number of nitrogens with zero attached hydrogens (tertiary/aromatic N) is 2. The Kier molecular flexibility index (Phi) is 3.34. The van der Waals surface area contributed by atoms with Gasteiger partial charge in [0.05, 0.1) is 5.69 Å². The summed E-state index contributed by atoms with van der Waals surface area (Å²) in [4.78, 5) is 8.82. The van der Waals surface area contributed by atoms with Gasteiger partial charge in [-0.3, -0.25) is 9.97 Å². The van der Waals surface area contributed by atoms with Gasteiger partial charge in [0.2, 0.25) is 0 Å². The summed E-state index contributed by atoms with van der Waals surface area (Å²) in [7, 11) is 0. The van der Waals surface area contributed by atoms with Crippen molar-refractivity contribution < 1.29 is 0 Å². The van der Waals surface area contributed by atoms with Crippen molar-refractivity contribution in [1.29, 1.82) is 0 Å². The fourth-order valence-electron chi connectivity index (χ4n) is 1.64. The van der Waals surface area contributed by atoms with Crippen LogP contribution in [0.2, 0.25) is 0 Å². The summed E-state index contributed by atoms with van der Waals surface area (Å²) < 4.78 is 0.982. The first-order valence-electron chi connectivity index (χ1n) is 5.26. The van der Waals surface area contributed by atoms with Gasteiger partial charge >= 0.3 is 0 Å². The molecule has 0 fully saturated rings. The van der Waals surface area contributed by atoms with Crippen LogP contribution in [0, 0.1) is 0 Å². The predicted octanol–water partition coefficient (Wildman–Crippen LogP) is 4.03. The smallest absolute Gasteiger partial charge is 0.103 e. The topological polar surface area (TPSA) is 25.8 Å². The molecule has 82 valence electrons. The highest BCUT2D eigenvalue weighted by molar-refractivity contribution is 9.10. The van der Waals surface area contributed by atoms with E-state index in [2.05, 4.69) is 45.8 Å². The van der Waals surface area contributed by atoms with Gasteiger partial charge in [0.15, 0.2) is 0 Å². The van der Waals surface area contributed by atoms with Gasteiger partial charge in [0, 0.05) is 16.9 Å².